The van der Waals surface area contributed by atoms with E-state index in [0.717, 1.165) is 11.3 Å². The maximum absolute atomic E-state index is 14.4. The van der Waals surface area contributed by atoms with Gasteiger partial charge in [0.1, 0.15) is 33.9 Å². The summed E-state index contributed by atoms with van der Waals surface area (Å²) >= 11 is 0. The number of ether oxygens (including phenoxy) is 3. The van der Waals surface area contributed by atoms with Crippen molar-refractivity contribution in [2.45, 2.75) is 93.0 Å². The topological polar surface area (TPSA) is 326 Å². The number of carbonyl (C=O) groups is 6. The second-order valence-corrected chi connectivity index (χ2v) is 21.3. The second kappa shape index (κ2) is 23.6. The Bertz CT molecular complexity index is 3610. The minimum absolute atomic E-state index is 0.182. The van der Waals surface area contributed by atoms with E-state index in [1.807, 2.05) is 39.6 Å². The van der Waals surface area contributed by atoms with Crippen LogP contribution in [0.1, 0.15) is 104 Å². The van der Waals surface area contributed by atoms with Crippen molar-refractivity contribution in [2.24, 2.45) is 29.3 Å². The summed E-state index contributed by atoms with van der Waals surface area (Å²) in [6.07, 6.45) is 3.76. The van der Waals surface area contributed by atoms with Gasteiger partial charge >= 0.3 is 12.1 Å². The maximum atomic E-state index is 14.4. The summed E-state index contributed by atoms with van der Waals surface area (Å²) in [5.74, 6) is -1.12. The third-order valence-electron chi connectivity index (χ3n) is 15.9. The van der Waals surface area contributed by atoms with E-state index >= 15 is 0 Å². The van der Waals surface area contributed by atoms with Crippen LogP contribution in [0, 0.1) is 24.7 Å². The number of hydrogen-bond acceptors (Lipinski definition) is 14. The molecule has 0 unspecified atom stereocenters. The fourth-order valence-corrected chi connectivity index (χ4v) is 11.2. The lowest BCUT2D eigenvalue weighted by Gasteiger charge is -2.33. The highest BCUT2D eigenvalue weighted by Crippen LogP contribution is 2.53. The number of benzene rings is 2. The van der Waals surface area contributed by atoms with E-state index in [9.17, 15) is 28.8 Å². The highest BCUT2D eigenvalue weighted by Gasteiger charge is 2.59. The molecule has 436 valence electrons. The molecule has 82 heavy (non-hydrogen) atoms. The quantitative estimate of drug-likeness (QED) is 0.0490. The Kier molecular flexibility index (Phi) is 16.6. The molecule has 9 rings (SSSR count). The first kappa shape index (κ1) is 57.7. The average molecular weight is 1130 g/mol. The predicted molar refractivity (Wildman–Crippen MR) is 303 cm³/mol. The molecule has 8 N–H and O–H groups in total. The summed E-state index contributed by atoms with van der Waals surface area (Å²) in [5, 5.41) is 25.5. The number of nitrogens with two attached hydrogens (primary N) is 2. The molecule has 0 bridgehead atoms. The molecule has 0 spiro atoms. The summed E-state index contributed by atoms with van der Waals surface area (Å²) in [6, 6.07) is 9.14. The minimum Gasteiger partial charge on any atom is -0.494 e. The monoisotopic (exact) mass is 1130 g/mol. The number of primary amides is 2. The number of imidazole rings is 2. The van der Waals surface area contributed by atoms with Crippen molar-refractivity contribution in [3.63, 3.8) is 0 Å². The van der Waals surface area contributed by atoms with Crippen molar-refractivity contribution in [3.8, 4) is 11.5 Å². The Morgan fingerprint density at radius 1 is 0.756 bits per heavy atom. The fourth-order valence-electron chi connectivity index (χ4n) is 11.2. The number of urea groups is 2. The van der Waals surface area contributed by atoms with Crippen LogP contribution in [-0.4, -0.2) is 155 Å². The summed E-state index contributed by atoms with van der Waals surface area (Å²) in [6.45, 7) is 14.0. The van der Waals surface area contributed by atoms with Gasteiger partial charge in [0.05, 0.1) is 62.6 Å². The molecule has 0 aliphatic carbocycles. The van der Waals surface area contributed by atoms with Gasteiger partial charge in [-0.2, -0.15) is 15.3 Å². The number of aryl methyl sites for hydroxylation is 7. The van der Waals surface area contributed by atoms with Gasteiger partial charge in [0.15, 0.2) is 0 Å². The van der Waals surface area contributed by atoms with Crippen LogP contribution in [0.4, 0.5) is 21.5 Å². The number of amides is 8. The van der Waals surface area contributed by atoms with Gasteiger partial charge in [-0.1, -0.05) is 6.92 Å². The first-order valence-corrected chi connectivity index (χ1v) is 27.3. The molecule has 2 aliphatic heterocycles. The van der Waals surface area contributed by atoms with Gasteiger partial charge in [0.25, 0.3) is 11.8 Å². The number of methoxy groups -OCH3 is 2. The molecule has 0 radical (unpaired) electrons. The van der Waals surface area contributed by atoms with Crippen LogP contribution in [0.3, 0.4) is 0 Å². The van der Waals surface area contributed by atoms with Crippen LogP contribution in [0.5, 0.6) is 11.5 Å². The molecule has 7 aromatic rings. The lowest BCUT2D eigenvalue weighted by molar-refractivity contribution is 0.0991. The number of fused-ring (bicyclic) bond motifs is 3. The maximum Gasteiger partial charge on any atom is 0.317 e. The Balaban J connectivity index is 0.852. The summed E-state index contributed by atoms with van der Waals surface area (Å²) in [7, 11) is 6.51. The van der Waals surface area contributed by atoms with Crippen molar-refractivity contribution in [1.29, 1.82) is 0 Å². The van der Waals surface area contributed by atoms with Crippen molar-refractivity contribution >= 4 is 69.7 Å². The zero-order valence-corrected chi connectivity index (χ0v) is 47.8. The number of carbonyl (C=O) groups excluding carboxylic acids is 6. The molecule has 2 saturated heterocycles. The summed E-state index contributed by atoms with van der Waals surface area (Å²) < 4.78 is 26.1. The van der Waals surface area contributed by atoms with Crippen LogP contribution in [0.25, 0.3) is 22.1 Å². The Morgan fingerprint density at radius 2 is 1.32 bits per heavy atom. The van der Waals surface area contributed by atoms with Gasteiger partial charge in [-0.3, -0.25) is 43.9 Å². The Morgan fingerprint density at radius 3 is 1.85 bits per heavy atom. The molecule has 2 atom stereocenters. The number of anilines is 2. The number of nitrogens with zero attached hydrogens (tertiary/aromatic N) is 12. The van der Waals surface area contributed by atoms with Crippen LogP contribution in [0.15, 0.2) is 42.6 Å². The van der Waals surface area contributed by atoms with Gasteiger partial charge < -0.3 is 55.2 Å². The van der Waals surface area contributed by atoms with Gasteiger partial charge in [0.2, 0.25) is 23.7 Å². The average Bonchev–Trinajstić information content (AvgIpc) is 4.44. The van der Waals surface area contributed by atoms with Crippen molar-refractivity contribution in [3.05, 3.63) is 87.8 Å². The predicted octanol–water partition coefficient (Wildman–Crippen LogP) is 4.19. The highest BCUT2D eigenvalue weighted by atomic mass is 16.5. The molecule has 5 aromatic heterocycles. The van der Waals surface area contributed by atoms with Crippen molar-refractivity contribution < 1.29 is 43.0 Å². The van der Waals surface area contributed by atoms with E-state index in [-0.39, 0.29) is 47.0 Å². The first-order chi connectivity index (χ1) is 39.2. The van der Waals surface area contributed by atoms with Crippen LogP contribution in [-0.2, 0) is 50.9 Å². The summed E-state index contributed by atoms with van der Waals surface area (Å²) in [4.78, 5) is 92.6. The number of likely N-dealkylation sites (tertiary alicyclic amines) is 1. The van der Waals surface area contributed by atoms with E-state index in [1.165, 1.54) is 26.4 Å². The van der Waals surface area contributed by atoms with Gasteiger partial charge in [-0.25, -0.2) is 19.6 Å². The smallest absolute Gasteiger partial charge is 0.317 e. The zero-order valence-electron chi connectivity index (χ0n) is 47.8. The van der Waals surface area contributed by atoms with Gasteiger partial charge in [-0.05, 0) is 89.8 Å². The molecule has 27 heteroatoms. The number of aromatic nitrogens is 10. The molecule has 7 heterocycles. The largest absolute Gasteiger partial charge is 0.494 e. The van der Waals surface area contributed by atoms with Crippen LogP contribution < -0.4 is 42.2 Å². The van der Waals surface area contributed by atoms with E-state index in [4.69, 9.17) is 40.7 Å². The standard InChI is InChI=1S/C55H72N18O9/c1-10-72-40(20-32(3)65-72)48(76)63-50-61-38-21-34(46(56)74)24-43(81-9)45(38)71(50)19-13-17-59-53(79)69-28-54(5)30-82-31-55(54,29-69)15-14-37-25-41(73(11-2)66-37)49(77)64-51-62-39-22-35(47(57)75)23-42(80-8)44(39)70(51)18-12-16-58-52(78)67(6)27-36-26-60-68(7)33(36)4/h20-26H,10-19,27-31H2,1-9H3,(H2,56,74)(H2,57,75)(H,58,78)(H,59,79)(H,61,63,76)(H,62,64,77)/t54-,55+/m1/s1. The third kappa shape index (κ3) is 11.4. The number of rotatable bonds is 23. The Hall–Kier alpha value is -9.01. The number of hydrogen-bond donors (Lipinski definition) is 6. The lowest BCUT2D eigenvalue weighted by Crippen LogP contribution is -2.41. The normalized spacial score (nSPS) is 16.6. The molecule has 8 amide bonds. The molecule has 2 aliphatic rings. The summed E-state index contributed by atoms with van der Waals surface area (Å²) in [5.41, 5.74) is 16.7. The third-order valence-corrected chi connectivity index (χ3v) is 15.9. The van der Waals surface area contributed by atoms with E-state index < -0.39 is 29.0 Å². The zero-order chi connectivity index (χ0) is 58.8. The SMILES string of the molecule is CCn1nc(C)cc1C(=O)Nc1nc2cc(C(N)=O)cc(OC)c2n1CCCNC(=O)N1C[C@]2(C)COC[C@]2(CCc2cc(C(=O)Nc3nc4cc(C(N)=O)cc(OC)c4n3CCCNC(=O)N(C)Cc3cnn(C)c3C)n(CC)n2)C1. The molecule has 2 fully saturated rings. The van der Waals surface area contributed by atoms with Crippen LogP contribution >= 0.6 is 0 Å². The molecule has 2 aromatic carbocycles. The first-order valence-electron chi connectivity index (χ1n) is 27.3. The van der Waals surface area contributed by atoms with Gasteiger partial charge in [-0.15, -0.1) is 0 Å². The molecular weight excluding hydrogens is 1060 g/mol. The van der Waals surface area contributed by atoms with Crippen LogP contribution in [0.2, 0.25) is 0 Å². The minimum atomic E-state index is -0.670. The van der Waals surface area contributed by atoms with E-state index in [1.54, 1.807) is 65.6 Å². The lowest BCUT2D eigenvalue weighted by atomic mass is 9.67. The molecule has 0 saturated carbocycles. The van der Waals surface area contributed by atoms with Gasteiger partial charge in [0, 0.05) is 99.7 Å². The second-order valence-electron chi connectivity index (χ2n) is 21.3. The molecule has 27 nitrogen and oxygen atoms in total. The van der Waals surface area contributed by atoms with Crippen molar-refractivity contribution in [1.82, 2.24) is 68.9 Å². The van der Waals surface area contributed by atoms with E-state index in [2.05, 4.69) is 38.4 Å². The highest BCUT2D eigenvalue weighted by molar-refractivity contribution is 6.05. The van der Waals surface area contributed by atoms with Crippen molar-refractivity contribution in [2.75, 3.05) is 71.3 Å². The number of nitrogens with one attached hydrogen (secondary N) is 4. The Labute approximate surface area is 472 Å². The fraction of sp³-hybridized carbons (Fsp3) is 0.473. The van der Waals surface area contributed by atoms with E-state index in [0.29, 0.717) is 148 Å². The molecular formula is C55H72N18O9.